The molecule has 0 bridgehead atoms. The number of aromatic amines is 1. The Kier molecular flexibility index (Phi) is 2.93. The molecule has 3 nitrogen and oxygen atoms in total. The number of aromatic nitrogens is 2. The van der Waals surface area contributed by atoms with Gasteiger partial charge in [-0.15, -0.1) is 11.3 Å². The highest BCUT2D eigenvalue weighted by Gasteiger charge is 2.23. The summed E-state index contributed by atoms with van der Waals surface area (Å²) in [5, 5.41) is 0.821. The maximum Gasteiger partial charge on any atom is 0.260 e. The molecule has 0 saturated heterocycles. The molecule has 1 aliphatic rings. The number of rotatable bonds is 1. The Hall–Kier alpha value is -1.94. The zero-order valence-electron chi connectivity index (χ0n) is 11.8. The predicted molar refractivity (Wildman–Crippen MR) is 86.9 cm³/mol. The third kappa shape index (κ3) is 2.10. The van der Waals surface area contributed by atoms with Crippen molar-refractivity contribution in [3.05, 3.63) is 51.1 Å². The lowest BCUT2D eigenvalue weighted by Crippen LogP contribution is -2.13. The average molecular weight is 296 g/mol. The molecule has 0 spiro atoms. The van der Waals surface area contributed by atoms with E-state index in [1.54, 1.807) is 11.3 Å². The number of thiophene rings is 1. The van der Waals surface area contributed by atoms with Crippen LogP contribution < -0.4 is 5.56 Å². The van der Waals surface area contributed by atoms with Crippen LogP contribution in [0, 0.1) is 5.92 Å². The van der Waals surface area contributed by atoms with Gasteiger partial charge in [-0.25, -0.2) is 4.98 Å². The SMILES string of the molecule is CC1CCc2c(sc3nc(-c4ccccc4)[nH]c(=O)c23)C1. The van der Waals surface area contributed by atoms with Crippen molar-refractivity contribution in [1.29, 1.82) is 0 Å². The molecule has 1 atom stereocenters. The van der Waals surface area contributed by atoms with E-state index < -0.39 is 0 Å². The second kappa shape index (κ2) is 4.81. The van der Waals surface area contributed by atoms with E-state index in [-0.39, 0.29) is 5.56 Å². The molecule has 1 aliphatic carbocycles. The fraction of sp³-hybridized carbons (Fsp3) is 0.294. The first-order valence-electron chi connectivity index (χ1n) is 7.32. The van der Waals surface area contributed by atoms with E-state index in [0.29, 0.717) is 11.7 Å². The highest BCUT2D eigenvalue weighted by Crippen LogP contribution is 2.36. The first kappa shape index (κ1) is 12.8. The molecule has 4 heteroatoms. The summed E-state index contributed by atoms with van der Waals surface area (Å²) in [6.45, 7) is 2.28. The van der Waals surface area contributed by atoms with Gasteiger partial charge in [0.2, 0.25) is 0 Å². The van der Waals surface area contributed by atoms with Crippen LogP contribution in [-0.4, -0.2) is 9.97 Å². The van der Waals surface area contributed by atoms with Crippen molar-refractivity contribution in [2.24, 2.45) is 5.92 Å². The van der Waals surface area contributed by atoms with Gasteiger partial charge in [0, 0.05) is 10.4 Å². The summed E-state index contributed by atoms with van der Waals surface area (Å²) in [4.78, 5) is 22.4. The van der Waals surface area contributed by atoms with Crippen molar-refractivity contribution < 1.29 is 0 Å². The van der Waals surface area contributed by atoms with Crippen LogP contribution in [0.5, 0.6) is 0 Å². The van der Waals surface area contributed by atoms with E-state index in [4.69, 9.17) is 4.98 Å². The minimum absolute atomic E-state index is 0.00547. The fourth-order valence-corrected chi connectivity index (χ4v) is 4.47. The van der Waals surface area contributed by atoms with Gasteiger partial charge in [0.1, 0.15) is 10.7 Å². The van der Waals surface area contributed by atoms with Gasteiger partial charge < -0.3 is 4.98 Å². The van der Waals surface area contributed by atoms with Crippen LogP contribution >= 0.6 is 11.3 Å². The summed E-state index contributed by atoms with van der Waals surface area (Å²) < 4.78 is 0. The lowest BCUT2D eigenvalue weighted by Gasteiger charge is -2.17. The quantitative estimate of drug-likeness (QED) is 0.743. The van der Waals surface area contributed by atoms with E-state index >= 15 is 0 Å². The fourth-order valence-electron chi connectivity index (χ4n) is 3.08. The van der Waals surface area contributed by atoms with Crippen LogP contribution in [0.15, 0.2) is 35.1 Å². The van der Waals surface area contributed by atoms with Gasteiger partial charge in [-0.3, -0.25) is 4.79 Å². The molecule has 2 aromatic heterocycles. The normalized spacial score (nSPS) is 17.9. The third-order valence-corrected chi connectivity index (χ3v) is 5.36. The van der Waals surface area contributed by atoms with Crippen LogP contribution in [0.25, 0.3) is 21.6 Å². The molecule has 1 unspecified atom stereocenters. The van der Waals surface area contributed by atoms with Gasteiger partial charge in [-0.05, 0) is 30.7 Å². The van der Waals surface area contributed by atoms with Crippen molar-refractivity contribution in [1.82, 2.24) is 9.97 Å². The van der Waals surface area contributed by atoms with Crippen molar-refractivity contribution in [3.63, 3.8) is 0 Å². The highest BCUT2D eigenvalue weighted by atomic mass is 32.1. The number of hydrogen-bond acceptors (Lipinski definition) is 3. The van der Waals surface area contributed by atoms with Crippen LogP contribution in [0.2, 0.25) is 0 Å². The molecule has 0 aliphatic heterocycles. The maximum absolute atomic E-state index is 12.5. The second-order valence-corrected chi connectivity index (χ2v) is 6.90. The number of fused-ring (bicyclic) bond motifs is 3. The minimum Gasteiger partial charge on any atom is -0.306 e. The Labute approximate surface area is 126 Å². The molecule has 0 fully saturated rings. The van der Waals surface area contributed by atoms with Gasteiger partial charge in [0.15, 0.2) is 0 Å². The third-order valence-electron chi connectivity index (χ3n) is 4.21. The zero-order valence-corrected chi connectivity index (χ0v) is 12.7. The Bertz CT molecular complexity index is 864. The summed E-state index contributed by atoms with van der Waals surface area (Å²) in [6, 6.07) is 9.83. The van der Waals surface area contributed by atoms with Gasteiger partial charge >= 0.3 is 0 Å². The second-order valence-electron chi connectivity index (χ2n) is 5.81. The molecule has 4 rings (SSSR count). The standard InChI is InChI=1S/C17H16N2OS/c1-10-7-8-12-13(9-10)21-17-14(12)16(20)18-15(19-17)11-5-3-2-4-6-11/h2-6,10H,7-9H2,1H3,(H,18,19,20). The highest BCUT2D eigenvalue weighted by molar-refractivity contribution is 7.18. The number of aryl methyl sites for hydroxylation is 1. The molecule has 0 saturated carbocycles. The summed E-state index contributed by atoms with van der Waals surface area (Å²) in [5.41, 5.74) is 2.20. The lowest BCUT2D eigenvalue weighted by atomic mass is 9.89. The van der Waals surface area contributed by atoms with E-state index in [2.05, 4.69) is 11.9 Å². The monoisotopic (exact) mass is 296 g/mol. The minimum atomic E-state index is 0.00547. The Balaban J connectivity index is 1.94. The molecule has 0 radical (unpaired) electrons. The van der Waals surface area contributed by atoms with Crippen LogP contribution in [-0.2, 0) is 12.8 Å². The maximum atomic E-state index is 12.5. The first-order chi connectivity index (χ1) is 10.2. The largest absolute Gasteiger partial charge is 0.306 e. The molecule has 106 valence electrons. The molecule has 2 heterocycles. The Morgan fingerprint density at radius 2 is 2.10 bits per heavy atom. The van der Waals surface area contributed by atoms with Crippen LogP contribution in [0.1, 0.15) is 23.8 Å². The van der Waals surface area contributed by atoms with E-state index in [9.17, 15) is 4.79 Å². The van der Waals surface area contributed by atoms with E-state index in [0.717, 1.165) is 28.6 Å². The molecule has 1 N–H and O–H groups in total. The number of benzene rings is 1. The van der Waals surface area contributed by atoms with Crippen molar-refractivity contribution in [3.8, 4) is 11.4 Å². The van der Waals surface area contributed by atoms with E-state index in [1.807, 2.05) is 30.3 Å². The van der Waals surface area contributed by atoms with Gasteiger partial charge in [-0.2, -0.15) is 0 Å². The number of H-pyrrole nitrogens is 1. The Morgan fingerprint density at radius 3 is 2.90 bits per heavy atom. The zero-order chi connectivity index (χ0) is 14.4. The lowest BCUT2D eigenvalue weighted by molar-refractivity contribution is 0.509. The predicted octanol–water partition coefficient (Wildman–Crippen LogP) is 3.78. The first-order valence-corrected chi connectivity index (χ1v) is 8.14. The van der Waals surface area contributed by atoms with Gasteiger partial charge in [0.25, 0.3) is 5.56 Å². The summed E-state index contributed by atoms with van der Waals surface area (Å²) >= 11 is 1.70. The molecule has 21 heavy (non-hydrogen) atoms. The molecule has 1 aromatic carbocycles. The topological polar surface area (TPSA) is 45.8 Å². The van der Waals surface area contributed by atoms with Crippen molar-refractivity contribution >= 4 is 21.6 Å². The van der Waals surface area contributed by atoms with E-state index in [1.165, 1.54) is 16.9 Å². The van der Waals surface area contributed by atoms with Gasteiger partial charge in [-0.1, -0.05) is 37.3 Å². The number of hydrogen-bond donors (Lipinski definition) is 1. The molecule has 0 amide bonds. The van der Waals surface area contributed by atoms with Crippen LogP contribution in [0.4, 0.5) is 0 Å². The number of nitrogens with one attached hydrogen (secondary N) is 1. The average Bonchev–Trinajstić information content (AvgIpc) is 2.85. The summed E-state index contributed by atoms with van der Waals surface area (Å²) in [5.74, 6) is 1.37. The van der Waals surface area contributed by atoms with Crippen LogP contribution in [0.3, 0.4) is 0 Å². The van der Waals surface area contributed by atoms with Crippen molar-refractivity contribution in [2.75, 3.05) is 0 Å². The summed E-state index contributed by atoms with van der Waals surface area (Å²) in [7, 11) is 0. The smallest absolute Gasteiger partial charge is 0.260 e. The van der Waals surface area contributed by atoms with Crippen molar-refractivity contribution in [2.45, 2.75) is 26.2 Å². The molecule has 3 aromatic rings. The molecular weight excluding hydrogens is 280 g/mol. The summed E-state index contributed by atoms with van der Waals surface area (Å²) in [6.07, 6.45) is 3.25. The molecular formula is C17H16N2OS. The number of nitrogens with zero attached hydrogens (tertiary/aromatic N) is 1. The Morgan fingerprint density at radius 1 is 1.29 bits per heavy atom. The van der Waals surface area contributed by atoms with Gasteiger partial charge in [0.05, 0.1) is 5.39 Å².